The number of piperazine rings is 1. The highest BCUT2D eigenvalue weighted by Gasteiger charge is 2.22. The van der Waals surface area contributed by atoms with Crippen molar-refractivity contribution in [1.29, 1.82) is 0 Å². The van der Waals surface area contributed by atoms with Crippen LogP contribution in [0.15, 0.2) is 29.2 Å². The summed E-state index contributed by atoms with van der Waals surface area (Å²) in [6.07, 6.45) is 2.02. The van der Waals surface area contributed by atoms with Gasteiger partial charge >= 0.3 is 12.0 Å². The summed E-state index contributed by atoms with van der Waals surface area (Å²) >= 11 is 1.67. The average molecular weight is 337 g/mol. The highest BCUT2D eigenvalue weighted by Crippen LogP contribution is 2.18. The molecule has 23 heavy (non-hydrogen) atoms. The van der Waals surface area contributed by atoms with Crippen LogP contribution in [0.3, 0.4) is 0 Å². The van der Waals surface area contributed by atoms with Crippen LogP contribution in [0.2, 0.25) is 0 Å². The monoisotopic (exact) mass is 337 g/mol. The van der Waals surface area contributed by atoms with E-state index in [0.29, 0.717) is 39.3 Å². The quantitative estimate of drug-likeness (QED) is 0.659. The zero-order valence-electron chi connectivity index (χ0n) is 13.6. The van der Waals surface area contributed by atoms with Gasteiger partial charge in [0.2, 0.25) is 0 Å². The SMILES string of the molecule is CCOC(=O)CN1CCN(C(=O)Nc2ccc(SC)cc2)CC1. The summed E-state index contributed by atoms with van der Waals surface area (Å²) in [7, 11) is 0. The van der Waals surface area contributed by atoms with E-state index in [-0.39, 0.29) is 12.0 Å². The summed E-state index contributed by atoms with van der Waals surface area (Å²) in [4.78, 5) is 28.7. The maximum Gasteiger partial charge on any atom is 0.321 e. The zero-order chi connectivity index (χ0) is 16.7. The molecule has 0 aromatic heterocycles. The molecule has 0 unspecified atom stereocenters. The van der Waals surface area contributed by atoms with Gasteiger partial charge in [-0.15, -0.1) is 11.8 Å². The van der Waals surface area contributed by atoms with Gasteiger partial charge in [-0.1, -0.05) is 0 Å². The molecule has 1 aliphatic rings. The van der Waals surface area contributed by atoms with Crippen LogP contribution in [0.5, 0.6) is 0 Å². The summed E-state index contributed by atoms with van der Waals surface area (Å²) in [5.41, 5.74) is 0.793. The normalized spacial score (nSPS) is 15.3. The number of nitrogens with zero attached hydrogens (tertiary/aromatic N) is 2. The average Bonchev–Trinajstić information content (AvgIpc) is 2.56. The molecule has 2 amide bonds. The van der Waals surface area contributed by atoms with Crippen molar-refractivity contribution in [3.05, 3.63) is 24.3 Å². The maximum absolute atomic E-state index is 12.3. The Morgan fingerprint density at radius 3 is 2.39 bits per heavy atom. The van der Waals surface area contributed by atoms with Gasteiger partial charge in [-0.2, -0.15) is 0 Å². The molecule has 1 heterocycles. The summed E-state index contributed by atoms with van der Waals surface area (Å²) in [6, 6.07) is 7.68. The topological polar surface area (TPSA) is 61.9 Å². The number of benzene rings is 1. The number of nitrogens with one attached hydrogen (secondary N) is 1. The van der Waals surface area contributed by atoms with E-state index in [1.165, 1.54) is 0 Å². The molecule has 0 saturated carbocycles. The second-order valence-corrected chi connectivity index (χ2v) is 6.11. The summed E-state index contributed by atoms with van der Waals surface area (Å²) in [6.45, 7) is 5.06. The van der Waals surface area contributed by atoms with Gasteiger partial charge in [0, 0.05) is 36.8 Å². The Labute approximate surface area is 141 Å². The number of esters is 1. The molecule has 0 aliphatic carbocycles. The molecule has 0 spiro atoms. The van der Waals surface area contributed by atoms with Gasteiger partial charge in [-0.05, 0) is 37.4 Å². The van der Waals surface area contributed by atoms with Gasteiger partial charge in [-0.3, -0.25) is 9.69 Å². The van der Waals surface area contributed by atoms with E-state index in [9.17, 15) is 9.59 Å². The van der Waals surface area contributed by atoms with E-state index in [0.717, 1.165) is 10.6 Å². The summed E-state index contributed by atoms with van der Waals surface area (Å²) in [5.74, 6) is -0.209. The van der Waals surface area contributed by atoms with Crippen LogP contribution in [0.1, 0.15) is 6.92 Å². The number of carbonyl (C=O) groups excluding carboxylic acids is 2. The lowest BCUT2D eigenvalue weighted by Crippen LogP contribution is -2.51. The van der Waals surface area contributed by atoms with E-state index in [1.54, 1.807) is 23.6 Å². The van der Waals surface area contributed by atoms with E-state index < -0.39 is 0 Å². The molecule has 7 heteroatoms. The van der Waals surface area contributed by atoms with Crippen molar-refractivity contribution in [3.63, 3.8) is 0 Å². The van der Waals surface area contributed by atoms with Gasteiger partial charge in [0.25, 0.3) is 0 Å². The fraction of sp³-hybridized carbons (Fsp3) is 0.500. The predicted molar refractivity (Wildman–Crippen MR) is 91.9 cm³/mol. The number of rotatable bonds is 5. The van der Waals surface area contributed by atoms with Crippen LogP contribution in [0.4, 0.5) is 10.5 Å². The van der Waals surface area contributed by atoms with Gasteiger partial charge in [-0.25, -0.2) is 4.79 Å². The zero-order valence-corrected chi connectivity index (χ0v) is 14.4. The Morgan fingerprint density at radius 1 is 1.17 bits per heavy atom. The summed E-state index contributed by atoms with van der Waals surface area (Å²) < 4.78 is 4.94. The van der Waals surface area contributed by atoms with Crippen LogP contribution >= 0.6 is 11.8 Å². The Kier molecular flexibility index (Phi) is 6.73. The van der Waals surface area contributed by atoms with Crippen molar-refractivity contribution in [1.82, 2.24) is 9.80 Å². The first-order valence-electron chi connectivity index (χ1n) is 7.70. The minimum Gasteiger partial charge on any atom is -0.465 e. The summed E-state index contributed by atoms with van der Waals surface area (Å²) in [5, 5.41) is 2.91. The molecular weight excluding hydrogens is 314 g/mol. The number of amides is 2. The lowest BCUT2D eigenvalue weighted by atomic mass is 10.3. The van der Waals surface area contributed by atoms with Crippen LogP contribution in [-0.2, 0) is 9.53 Å². The number of hydrogen-bond acceptors (Lipinski definition) is 5. The maximum atomic E-state index is 12.3. The number of carbonyl (C=O) groups is 2. The van der Waals surface area contributed by atoms with Crippen molar-refractivity contribution in [2.45, 2.75) is 11.8 Å². The fourth-order valence-electron chi connectivity index (χ4n) is 2.38. The molecule has 0 radical (unpaired) electrons. The molecule has 1 aromatic rings. The van der Waals surface area contributed by atoms with Crippen molar-refractivity contribution < 1.29 is 14.3 Å². The molecule has 0 atom stereocenters. The van der Waals surface area contributed by atoms with Crippen molar-refractivity contribution in [2.75, 3.05) is 50.9 Å². The molecule has 1 saturated heterocycles. The number of anilines is 1. The number of hydrogen-bond donors (Lipinski definition) is 1. The van der Waals surface area contributed by atoms with Crippen LogP contribution < -0.4 is 5.32 Å². The van der Waals surface area contributed by atoms with Gasteiger partial charge < -0.3 is 15.0 Å². The largest absolute Gasteiger partial charge is 0.465 e. The standard InChI is InChI=1S/C16H23N3O3S/c1-3-22-15(20)12-18-8-10-19(11-9-18)16(21)17-13-4-6-14(23-2)7-5-13/h4-7H,3,8-12H2,1-2H3,(H,17,21). The molecule has 126 valence electrons. The molecule has 2 rings (SSSR count). The second kappa shape index (κ2) is 8.79. The van der Waals surface area contributed by atoms with E-state index in [4.69, 9.17) is 4.74 Å². The molecule has 1 N–H and O–H groups in total. The van der Waals surface area contributed by atoms with Crippen LogP contribution in [-0.4, -0.2) is 67.4 Å². The molecular formula is C16H23N3O3S. The van der Waals surface area contributed by atoms with Gasteiger partial charge in [0.15, 0.2) is 0 Å². The molecule has 1 aliphatic heterocycles. The Bertz CT molecular complexity index is 528. The van der Waals surface area contributed by atoms with E-state index in [1.807, 2.05) is 35.4 Å². The lowest BCUT2D eigenvalue weighted by molar-refractivity contribution is -0.144. The van der Waals surface area contributed by atoms with Gasteiger partial charge in [0.05, 0.1) is 13.2 Å². The smallest absolute Gasteiger partial charge is 0.321 e. The Balaban J connectivity index is 1.77. The lowest BCUT2D eigenvalue weighted by Gasteiger charge is -2.34. The van der Waals surface area contributed by atoms with Gasteiger partial charge in [0.1, 0.15) is 0 Å². The third kappa shape index (κ3) is 5.44. The van der Waals surface area contributed by atoms with Crippen LogP contribution in [0, 0.1) is 0 Å². The Hall–Kier alpha value is -1.73. The van der Waals surface area contributed by atoms with E-state index in [2.05, 4.69) is 5.32 Å². The Morgan fingerprint density at radius 2 is 1.83 bits per heavy atom. The number of thioether (sulfide) groups is 1. The molecule has 1 aromatic carbocycles. The number of urea groups is 1. The first kappa shape index (κ1) is 17.6. The van der Waals surface area contributed by atoms with Crippen molar-refractivity contribution in [3.8, 4) is 0 Å². The predicted octanol–water partition coefficient (Wildman–Crippen LogP) is 2.12. The first-order chi connectivity index (χ1) is 11.1. The van der Waals surface area contributed by atoms with Crippen LogP contribution in [0.25, 0.3) is 0 Å². The van der Waals surface area contributed by atoms with Crippen molar-refractivity contribution >= 4 is 29.4 Å². The number of ether oxygens (including phenoxy) is 1. The third-order valence-electron chi connectivity index (χ3n) is 3.66. The van der Waals surface area contributed by atoms with E-state index >= 15 is 0 Å². The minimum absolute atomic E-state index is 0.0994. The third-order valence-corrected chi connectivity index (χ3v) is 4.40. The highest BCUT2D eigenvalue weighted by molar-refractivity contribution is 7.98. The first-order valence-corrected chi connectivity index (χ1v) is 8.92. The minimum atomic E-state index is -0.209. The molecule has 0 bridgehead atoms. The second-order valence-electron chi connectivity index (χ2n) is 5.23. The molecule has 1 fully saturated rings. The van der Waals surface area contributed by atoms with Crippen molar-refractivity contribution in [2.24, 2.45) is 0 Å². The molecule has 6 nitrogen and oxygen atoms in total. The highest BCUT2D eigenvalue weighted by atomic mass is 32.2. The fourth-order valence-corrected chi connectivity index (χ4v) is 2.78.